The first-order valence-corrected chi connectivity index (χ1v) is 11.7. The number of hydrogen-bond donors (Lipinski definition) is 2. The van der Waals surface area contributed by atoms with Gasteiger partial charge >= 0.3 is 5.97 Å². The summed E-state index contributed by atoms with van der Waals surface area (Å²) in [6, 6.07) is 7.60. The van der Waals surface area contributed by atoms with Crippen molar-refractivity contribution in [2.24, 2.45) is 11.8 Å². The van der Waals surface area contributed by atoms with Crippen molar-refractivity contribution in [3.8, 4) is 0 Å². The zero-order valence-electron chi connectivity index (χ0n) is 17.0. The Morgan fingerprint density at radius 1 is 1.17 bits per heavy atom. The van der Waals surface area contributed by atoms with E-state index in [0.29, 0.717) is 11.6 Å². The summed E-state index contributed by atoms with van der Waals surface area (Å²) in [5.74, 6) is -0.935. The van der Waals surface area contributed by atoms with Crippen LogP contribution in [0.15, 0.2) is 29.6 Å². The lowest BCUT2D eigenvalue weighted by molar-refractivity contribution is -0.145. The Kier molecular flexibility index (Phi) is 6.62. The van der Waals surface area contributed by atoms with Gasteiger partial charge in [-0.25, -0.2) is 4.98 Å². The van der Waals surface area contributed by atoms with Crippen LogP contribution in [-0.4, -0.2) is 22.0 Å². The topological polar surface area (TPSA) is 79.3 Å². The molecular formula is C24H28N2O3S. The average molecular weight is 425 g/mol. The van der Waals surface area contributed by atoms with Crippen LogP contribution in [0.25, 0.3) is 12.2 Å². The van der Waals surface area contributed by atoms with Crippen molar-refractivity contribution in [2.75, 3.05) is 5.32 Å². The highest BCUT2D eigenvalue weighted by molar-refractivity contribution is 7.10. The number of nitrogens with zero attached hydrogens (tertiary/aromatic N) is 1. The van der Waals surface area contributed by atoms with E-state index in [-0.39, 0.29) is 18.2 Å². The van der Waals surface area contributed by atoms with Gasteiger partial charge < -0.3 is 10.4 Å². The van der Waals surface area contributed by atoms with Gasteiger partial charge in [-0.15, -0.1) is 11.3 Å². The van der Waals surface area contributed by atoms with Crippen LogP contribution in [-0.2, 0) is 9.59 Å². The van der Waals surface area contributed by atoms with Crippen molar-refractivity contribution in [3.05, 3.63) is 45.9 Å². The third-order valence-electron chi connectivity index (χ3n) is 6.34. The highest BCUT2D eigenvalue weighted by atomic mass is 32.1. The van der Waals surface area contributed by atoms with Gasteiger partial charge in [-0.1, -0.05) is 37.5 Å². The molecule has 2 aliphatic carbocycles. The Balaban J connectivity index is 1.36. The summed E-state index contributed by atoms with van der Waals surface area (Å²) in [4.78, 5) is 28.8. The Bertz CT molecular complexity index is 926. The van der Waals surface area contributed by atoms with Crippen LogP contribution in [0.2, 0.25) is 0 Å². The van der Waals surface area contributed by atoms with Crippen molar-refractivity contribution in [2.45, 2.75) is 57.3 Å². The van der Waals surface area contributed by atoms with E-state index in [9.17, 15) is 14.7 Å². The third kappa shape index (κ3) is 5.17. The van der Waals surface area contributed by atoms with Gasteiger partial charge in [0.2, 0.25) is 5.91 Å². The summed E-state index contributed by atoms with van der Waals surface area (Å²) in [6.07, 6.45) is 11.8. The van der Waals surface area contributed by atoms with Gasteiger partial charge in [-0.05, 0) is 55.4 Å². The Labute approximate surface area is 181 Å². The molecule has 2 N–H and O–H groups in total. The first kappa shape index (κ1) is 20.8. The summed E-state index contributed by atoms with van der Waals surface area (Å²) in [7, 11) is 0. The van der Waals surface area contributed by atoms with Crippen molar-refractivity contribution < 1.29 is 14.7 Å². The first-order chi connectivity index (χ1) is 14.6. The predicted molar refractivity (Wildman–Crippen MR) is 120 cm³/mol. The first-order valence-electron chi connectivity index (χ1n) is 10.8. The maximum Gasteiger partial charge on any atom is 0.307 e. The zero-order valence-corrected chi connectivity index (χ0v) is 17.9. The molecule has 1 atom stereocenters. The van der Waals surface area contributed by atoms with Gasteiger partial charge in [-0.3, -0.25) is 9.59 Å². The molecule has 2 saturated carbocycles. The van der Waals surface area contributed by atoms with Crippen molar-refractivity contribution in [1.29, 1.82) is 0 Å². The molecule has 0 saturated heterocycles. The maximum atomic E-state index is 12.5. The molecular weight excluding hydrogens is 396 g/mol. The van der Waals surface area contributed by atoms with Crippen LogP contribution < -0.4 is 5.32 Å². The standard InChI is InChI=1S/C24H28N2O3S/c27-22(14-20(24(28)29)17-6-1-2-7-17)25-19-10-3-5-16(13-19)11-12-23-26-21(15-30-23)18-8-4-9-18/h3,5,10-13,15,17-18,20H,1-2,4,6-9,14H2,(H,25,27)(H,28,29). The monoisotopic (exact) mass is 424 g/mol. The number of rotatable bonds is 8. The minimum atomic E-state index is -0.863. The van der Waals surface area contributed by atoms with Gasteiger partial charge in [0.15, 0.2) is 0 Å². The summed E-state index contributed by atoms with van der Waals surface area (Å²) in [5.41, 5.74) is 2.87. The van der Waals surface area contributed by atoms with Crippen LogP contribution in [0.4, 0.5) is 5.69 Å². The SMILES string of the molecule is O=C(CC(C(=O)O)C1CCCC1)Nc1cccc(C=Cc2nc(C3CCC3)cs2)c1. The Morgan fingerprint density at radius 3 is 2.67 bits per heavy atom. The Morgan fingerprint density at radius 2 is 1.97 bits per heavy atom. The van der Waals surface area contributed by atoms with E-state index in [0.717, 1.165) is 36.3 Å². The van der Waals surface area contributed by atoms with E-state index < -0.39 is 11.9 Å². The molecule has 1 aromatic carbocycles. The van der Waals surface area contributed by atoms with Gasteiger partial charge in [0.25, 0.3) is 0 Å². The maximum absolute atomic E-state index is 12.5. The molecule has 6 heteroatoms. The minimum absolute atomic E-state index is 0.0309. The number of carboxylic acids is 1. The molecule has 0 radical (unpaired) electrons. The summed E-state index contributed by atoms with van der Waals surface area (Å²) >= 11 is 1.66. The highest BCUT2D eigenvalue weighted by Crippen LogP contribution is 2.37. The van der Waals surface area contributed by atoms with Crippen LogP contribution in [0.5, 0.6) is 0 Å². The molecule has 158 valence electrons. The highest BCUT2D eigenvalue weighted by Gasteiger charge is 2.32. The van der Waals surface area contributed by atoms with Crippen molar-refractivity contribution >= 4 is 41.1 Å². The average Bonchev–Trinajstić information content (AvgIpc) is 3.35. The number of hydrogen-bond acceptors (Lipinski definition) is 4. The molecule has 0 bridgehead atoms. The second-order valence-corrected chi connectivity index (χ2v) is 9.33. The smallest absolute Gasteiger partial charge is 0.307 e. The summed E-state index contributed by atoms with van der Waals surface area (Å²) < 4.78 is 0. The van der Waals surface area contributed by atoms with Crippen LogP contribution in [0, 0.1) is 11.8 Å². The van der Waals surface area contributed by atoms with E-state index in [1.807, 2.05) is 36.4 Å². The second-order valence-electron chi connectivity index (χ2n) is 8.44. The quantitative estimate of drug-likeness (QED) is 0.561. The van der Waals surface area contributed by atoms with Gasteiger partial charge in [0.05, 0.1) is 11.6 Å². The van der Waals surface area contributed by atoms with Crippen molar-refractivity contribution in [1.82, 2.24) is 4.98 Å². The summed E-state index contributed by atoms with van der Waals surface area (Å²) in [5, 5.41) is 15.6. The number of carbonyl (C=O) groups is 2. The fourth-order valence-electron chi connectivity index (χ4n) is 4.38. The van der Waals surface area contributed by atoms with E-state index in [1.165, 1.54) is 25.0 Å². The van der Waals surface area contributed by atoms with Crippen molar-refractivity contribution in [3.63, 3.8) is 0 Å². The lowest BCUT2D eigenvalue weighted by atomic mass is 9.83. The van der Waals surface area contributed by atoms with Crippen LogP contribution in [0.3, 0.4) is 0 Å². The third-order valence-corrected chi connectivity index (χ3v) is 7.17. The molecule has 1 aromatic heterocycles. The number of benzene rings is 1. The molecule has 0 aliphatic heterocycles. The molecule has 2 aromatic rings. The number of carboxylic acid groups (broad SMARTS) is 1. The molecule has 0 spiro atoms. The lowest BCUT2D eigenvalue weighted by Crippen LogP contribution is -2.27. The number of anilines is 1. The number of amides is 1. The Hall–Kier alpha value is -2.47. The van der Waals surface area contributed by atoms with Gasteiger partial charge in [0, 0.05) is 23.4 Å². The minimum Gasteiger partial charge on any atom is -0.481 e. The molecule has 30 heavy (non-hydrogen) atoms. The van der Waals surface area contributed by atoms with Crippen LogP contribution in [0.1, 0.15) is 73.5 Å². The van der Waals surface area contributed by atoms with E-state index >= 15 is 0 Å². The normalized spacial score (nSPS) is 18.4. The van der Waals surface area contributed by atoms with E-state index in [4.69, 9.17) is 4.98 Å². The molecule has 1 amide bonds. The molecule has 4 rings (SSSR count). The number of carbonyl (C=O) groups excluding carboxylic acids is 1. The fraction of sp³-hybridized carbons (Fsp3) is 0.458. The van der Waals surface area contributed by atoms with Gasteiger partial charge in [0.1, 0.15) is 5.01 Å². The molecule has 2 aliphatic rings. The molecule has 2 fully saturated rings. The van der Waals surface area contributed by atoms with Gasteiger partial charge in [-0.2, -0.15) is 0 Å². The van der Waals surface area contributed by atoms with E-state index in [1.54, 1.807) is 11.3 Å². The molecule has 1 unspecified atom stereocenters. The molecule has 5 nitrogen and oxygen atoms in total. The largest absolute Gasteiger partial charge is 0.481 e. The number of thiazole rings is 1. The number of aliphatic carboxylic acids is 1. The lowest BCUT2D eigenvalue weighted by Gasteiger charge is -2.22. The molecule has 1 heterocycles. The predicted octanol–water partition coefficient (Wildman–Crippen LogP) is 5.80. The fourth-order valence-corrected chi connectivity index (χ4v) is 5.17. The van der Waals surface area contributed by atoms with E-state index in [2.05, 4.69) is 10.7 Å². The van der Waals surface area contributed by atoms with Crippen LogP contribution >= 0.6 is 11.3 Å². The zero-order chi connectivity index (χ0) is 20.9. The second kappa shape index (κ2) is 9.56. The number of aromatic nitrogens is 1. The number of nitrogens with one attached hydrogen (secondary N) is 1. The summed E-state index contributed by atoms with van der Waals surface area (Å²) in [6.45, 7) is 0.